The first-order chi connectivity index (χ1) is 8.19. The van der Waals surface area contributed by atoms with Gasteiger partial charge in [0.2, 0.25) is 0 Å². The summed E-state index contributed by atoms with van der Waals surface area (Å²) < 4.78 is 13.7. The summed E-state index contributed by atoms with van der Waals surface area (Å²) in [4.78, 5) is 2.45. The van der Waals surface area contributed by atoms with Gasteiger partial charge in [-0.05, 0) is 58.9 Å². The van der Waals surface area contributed by atoms with Gasteiger partial charge in [-0.3, -0.25) is 4.90 Å². The Balaban J connectivity index is 1.94. The van der Waals surface area contributed by atoms with E-state index in [1.165, 1.54) is 37.4 Å². The molecule has 0 aliphatic heterocycles. The van der Waals surface area contributed by atoms with E-state index in [2.05, 4.69) is 27.8 Å². The van der Waals surface area contributed by atoms with Crippen LogP contribution in [0.1, 0.15) is 31.7 Å². The maximum Gasteiger partial charge on any atom is 0.137 e. The molecule has 0 bridgehead atoms. The van der Waals surface area contributed by atoms with Crippen LogP contribution < -0.4 is 0 Å². The molecule has 2 rings (SSSR count). The third kappa shape index (κ3) is 3.52. The fourth-order valence-corrected chi connectivity index (χ4v) is 2.67. The SMILES string of the molecule is CCN(Cc1ccc(F)c(Br)c1)CC1CCC1. The predicted molar refractivity (Wildman–Crippen MR) is 72.4 cm³/mol. The molecule has 17 heavy (non-hydrogen) atoms. The molecule has 1 aromatic rings. The molecule has 0 unspecified atom stereocenters. The fraction of sp³-hybridized carbons (Fsp3) is 0.571. The van der Waals surface area contributed by atoms with E-state index >= 15 is 0 Å². The van der Waals surface area contributed by atoms with Gasteiger partial charge >= 0.3 is 0 Å². The third-order valence-corrected chi connectivity index (χ3v) is 4.19. The van der Waals surface area contributed by atoms with Crippen LogP contribution in [0.15, 0.2) is 22.7 Å². The molecule has 0 radical (unpaired) electrons. The number of hydrogen-bond donors (Lipinski definition) is 0. The highest BCUT2D eigenvalue weighted by molar-refractivity contribution is 9.10. The Morgan fingerprint density at radius 2 is 2.18 bits per heavy atom. The molecule has 1 aliphatic carbocycles. The summed E-state index contributed by atoms with van der Waals surface area (Å²) in [5, 5.41) is 0. The highest BCUT2D eigenvalue weighted by Crippen LogP contribution is 2.27. The summed E-state index contributed by atoms with van der Waals surface area (Å²) in [7, 11) is 0. The van der Waals surface area contributed by atoms with Gasteiger partial charge in [0.25, 0.3) is 0 Å². The first-order valence-electron chi connectivity index (χ1n) is 6.35. The van der Waals surface area contributed by atoms with Gasteiger partial charge in [-0.2, -0.15) is 0 Å². The molecular formula is C14H19BrFN. The van der Waals surface area contributed by atoms with E-state index < -0.39 is 0 Å². The summed E-state index contributed by atoms with van der Waals surface area (Å²) in [5.74, 6) is 0.703. The molecule has 1 nitrogen and oxygen atoms in total. The van der Waals surface area contributed by atoms with Crippen molar-refractivity contribution in [3.8, 4) is 0 Å². The van der Waals surface area contributed by atoms with E-state index in [1.54, 1.807) is 0 Å². The van der Waals surface area contributed by atoms with Crippen LogP contribution in [-0.4, -0.2) is 18.0 Å². The van der Waals surface area contributed by atoms with Crippen molar-refractivity contribution < 1.29 is 4.39 Å². The monoisotopic (exact) mass is 299 g/mol. The van der Waals surface area contributed by atoms with Crippen molar-refractivity contribution in [2.45, 2.75) is 32.7 Å². The van der Waals surface area contributed by atoms with Crippen molar-refractivity contribution in [1.82, 2.24) is 4.90 Å². The zero-order valence-electron chi connectivity index (χ0n) is 10.3. The molecule has 1 saturated carbocycles. The fourth-order valence-electron chi connectivity index (χ4n) is 2.24. The largest absolute Gasteiger partial charge is 0.299 e. The topological polar surface area (TPSA) is 3.24 Å². The van der Waals surface area contributed by atoms with Crippen LogP contribution in [0.3, 0.4) is 0 Å². The zero-order valence-corrected chi connectivity index (χ0v) is 11.8. The number of halogens is 2. The van der Waals surface area contributed by atoms with Crippen molar-refractivity contribution in [2.24, 2.45) is 5.92 Å². The van der Waals surface area contributed by atoms with Gasteiger partial charge in [-0.15, -0.1) is 0 Å². The van der Waals surface area contributed by atoms with E-state index in [9.17, 15) is 4.39 Å². The van der Waals surface area contributed by atoms with Gasteiger partial charge in [0, 0.05) is 13.1 Å². The van der Waals surface area contributed by atoms with E-state index in [0.717, 1.165) is 19.0 Å². The molecular weight excluding hydrogens is 281 g/mol. The summed E-state index contributed by atoms with van der Waals surface area (Å²) in [6.07, 6.45) is 4.15. The highest BCUT2D eigenvalue weighted by atomic mass is 79.9. The average Bonchev–Trinajstić information content (AvgIpc) is 2.26. The number of hydrogen-bond acceptors (Lipinski definition) is 1. The quantitative estimate of drug-likeness (QED) is 0.787. The van der Waals surface area contributed by atoms with Crippen LogP contribution in [-0.2, 0) is 6.54 Å². The Hall–Kier alpha value is -0.410. The minimum atomic E-state index is -0.184. The number of benzene rings is 1. The van der Waals surface area contributed by atoms with Crippen molar-refractivity contribution >= 4 is 15.9 Å². The molecule has 0 aromatic heterocycles. The van der Waals surface area contributed by atoms with E-state index in [1.807, 2.05) is 12.1 Å². The molecule has 94 valence electrons. The molecule has 1 aliphatic rings. The third-order valence-electron chi connectivity index (χ3n) is 3.58. The molecule has 3 heteroatoms. The first-order valence-corrected chi connectivity index (χ1v) is 7.14. The second kappa shape index (κ2) is 5.96. The maximum atomic E-state index is 13.1. The molecule has 1 aromatic carbocycles. The van der Waals surface area contributed by atoms with Crippen molar-refractivity contribution in [1.29, 1.82) is 0 Å². The lowest BCUT2D eigenvalue weighted by Gasteiger charge is -2.31. The minimum absolute atomic E-state index is 0.184. The summed E-state index contributed by atoms with van der Waals surface area (Å²) in [5.41, 5.74) is 1.18. The normalized spacial score (nSPS) is 16.2. The van der Waals surface area contributed by atoms with Crippen LogP contribution in [0.5, 0.6) is 0 Å². The highest BCUT2D eigenvalue weighted by Gasteiger charge is 2.20. The zero-order chi connectivity index (χ0) is 12.3. The van der Waals surface area contributed by atoms with Crippen LogP contribution in [0.4, 0.5) is 4.39 Å². The Labute approximate surface area is 111 Å². The number of nitrogens with zero attached hydrogens (tertiary/aromatic N) is 1. The Kier molecular flexibility index (Phi) is 4.57. The van der Waals surface area contributed by atoms with E-state index in [-0.39, 0.29) is 5.82 Å². The molecule has 0 heterocycles. The van der Waals surface area contributed by atoms with Crippen LogP contribution >= 0.6 is 15.9 Å². The predicted octanol–water partition coefficient (Wildman–Crippen LogP) is 4.21. The summed E-state index contributed by atoms with van der Waals surface area (Å²) in [6, 6.07) is 5.30. The van der Waals surface area contributed by atoms with Gasteiger partial charge in [-0.1, -0.05) is 19.4 Å². The Morgan fingerprint density at radius 1 is 1.41 bits per heavy atom. The van der Waals surface area contributed by atoms with Crippen LogP contribution in [0.2, 0.25) is 0 Å². The van der Waals surface area contributed by atoms with Crippen molar-refractivity contribution in [2.75, 3.05) is 13.1 Å². The lowest BCUT2D eigenvalue weighted by Crippen LogP contribution is -2.32. The molecule has 0 amide bonds. The minimum Gasteiger partial charge on any atom is -0.299 e. The van der Waals surface area contributed by atoms with Crippen molar-refractivity contribution in [3.05, 3.63) is 34.1 Å². The average molecular weight is 300 g/mol. The molecule has 0 atom stereocenters. The van der Waals surface area contributed by atoms with Crippen LogP contribution in [0.25, 0.3) is 0 Å². The molecule has 1 fully saturated rings. The summed E-state index contributed by atoms with van der Waals surface area (Å²) >= 11 is 3.24. The Bertz CT molecular complexity index is 376. The van der Waals surface area contributed by atoms with Gasteiger partial charge in [0.05, 0.1) is 4.47 Å². The number of rotatable bonds is 5. The van der Waals surface area contributed by atoms with Gasteiger partial charge in [-0.25, -0.2) is 4.39 Å². The van der Waals surface area contributed by atoms with Crippen LogP contribution in [0, 0.1) is 11.7 Å². The standard InChI is InChI=1S/C14H19BrFN/c1-2-17(9-11-4-3-5-11)10-12-6-7-14(16)13(15)8-12/h6-8,11H,2-5,9-10H2,1H3. The van der Waals surface area contributed by atoms with Gasteiger partial charge in [0.15, 0.2) is 0 Å². The Morgan fingerprint density at radius 3 is 2.71 bits per heavy atom. The maximum absolute atomic E-state index is 13.1. The second-order valence-electron chi connectivity index (χ2n) is 4.87. The molecule has 0 saturated heterocycles. The molecule has 0 spiro atoms. The van der Waals surface area contributed by atoms with E-state index in [0.29, 0.717) is 4.47 Å². The lowest BCUT2D eigenvalue weighted by molar-refractivity contribution is 0.178. The van der Waals surface area contributed by atoms with Gasteiger partial charge < -0.3 is 0 Å². The smallest absolute Gasteiger partial charge is 0.137 e. The lowest BCUT2D eigenvalue weighted by atomic mass is 9.85. The van der Waals surface area contributed by atoms with Crippen molar-refractivity contribution in [3.63, 3.8) is 0 Å². The van der Waals surface area contributed by atoms with Gasteiger partial charge in [0.1, 0.15) is 5.82 Å². The first kappa shape index (κ1) is 13.0. The molecule has 0 N–H and O–H groups in total. The second-order valence-corrected chi connectivity index (χ2v) is 5.73. The summed E-state index contributed by atoms with van der Waals surface area (Å²) in [6.45, 7) is 5.36. The van der Waals surface area contributed by atoms with E-state index in [4.69, 9.17) is 0 Å².